The first kappa shape index (κ1) is 39.8. The first-order valence-corrected chi connectivity index (χ1v) is 15.4. The predicted octanol–water partition coefficient (Wildman–Crippen LogP) is 1.11. The Morgan fingerprint density at radius 3 is 1.70 bits per heavy atom. The Kier molecular flexibility index (Phi) is 19.5. The Hall–Kier alpha value is -2.19. The maximum Gasteiger partial charge on any atom is 0.314 e. The summed E-state index contributed by atoms with van der Waals surface area (Å²) in [5.41, 5.74) is 0.608. The van der Waals surface area contributed by atoms with Crippen LogP contribution in [0.1, 0.15) is 72.1 Å². The van der Waals surface area contributed by atoms with E-state index in [0.717, 1.165) is 0 Å². The number of esters is 1. The van der Waals surface area contributed by atoms with Gasteiger partial charge >= 0.3 is 5.97 Å². The van der Waals surface area contributed by atoms with Crippen molar-refractivity contribution < 1.29 is 55.5 Å². The third-order valence-corrected chi connectivity index (χ3v) is 7.51. The van der Waals surface area contributed by atoms with E-state index in [1.165, 1.54) is 13.0 Å². The molecule has 11 heteroatoms. The predicted molar refractivity (Wildman–Crippen MR) is 166 cm³/mol. The van der Waals surface area contributed by atoms with Gasteiger partial charge in [-0.2, -0.15) is 0 Å². The van der Waals surface area contributed by atoms with Gasteiger partial charge in [-0.25, -0.2) is 0 Å². The van der Waals surface area contributed by atoms with Crippen LogP contribution in [0.3, 0.4) is 0 Å². The number of allylic oxidation sites excluding steroid dienone is 8. The van der Waals surface area contributed by atoms with Gasteiger partial charge in [-0.05, 0) is 51.5 Å². The molecule has 11 atom stereocenters. The van der Waals surface area contributed by atoms with E-state index in [-0.39, 0.29) is 44.9 Å². The van der Waals surface area contributed by atoms with Crippen molar-refractivity contribution in [2.24, 2.45) is 5.92 Å². The smallest absolute Gasteiger partial charge is 0.314 e. The molecule has 0 radical (unpaired) electrons. The summed E-state index contributed by atoms with van der Waals surface area (Å²) in [6, 6.07) is 0. The molecule has 1 heterocycles. The molecule has 1 rings (SSSR count). The Morgan fingerprint density at radius 1 is 0.727 bits per heavy atom. The third kappa shape index (κ3) is 16.2. The van der Waals surface area contributed by atoms with Crippen molar-refractivity contribution in [3.05, 3.63) is 60.3 Å². The molecule has 0 unspecified atom stereocenters. The standard InChI is InChI=1S/C33H54O11/c1-4-12-29(40)32-31(42)20-27(38)18-25(36)16-23(34)15-24(35)17-26(37)19-30(41)21(2)13-10-8-6-5-7-9-11-14-28(39)22(3)44-33(32)43/h5-11,13-14,22-32,34-42H,4,12,15-20H2,1-3H3/b6-5+,9-7+,10-8+,14-11+,21-13-/t22-,23-,24+,25-,26+,27+,28-,29-,30+,31+,32+/m0/s1. The molecular weight excluding hydrogens is 572 g/mol. The van der Waals surface area contributed by atoms with Crippen molar-refractivity contribution in [1.29, 1.82) is 0 Å². The van der Waals surface area contributed by atoms with Crippen LogP contribution in [0.15, 0.2) is 60.3 Å². The molecule has 0 fully saturated rings. The van der Waals surface area contributed by atoms with Crippen LogP contribution in [0.2, 0.25) is 0 Å². The lowest BCUT2D eigenvalue weighted by Crippen LogP contribution is -2.43. The maximum atomic E-state index is 13.0. The highest BCUT2D eigenvalue weighted by atomic mass is 16.6. The largest absolute Gasteiger partial charge is 0.459 e. The summed E-state index contributed by atoms with van der Waals surface area (Å²) in [4.78, 5) is 13.0. The normalized spacial score (nSPS) is 39.8. The molecule has 1 aliphatic heterocycles. The zero-order chi connectivity index (χ0) is 33.2. The van der Waals surface area contributed by atoms with Gasteiger partial charge in [0, 0.05) is 12.8 Å². The molecule has 1 aliphatic rings. The number of rotatable bonds is 3. The lowest BCUT2D eigenvalue weighted by atomic mass is 9.88. The number of carbonyl (C=O) groups excluding carboxylic acids is 1. The number of hydrogen-bond acceptors (Lipinski definition) is 11. The summed E-state index contributed by atoms with van der Waals surface area (Å²) in [5, 5.41) is 94.1. The summed E-state index contributed by atoms with van der Waals surface area (Å²) in [6.07, 6.45) is 2.82. The van der Waals surface area contributed by atoms with Crippen molar-refractivity contribution in [2.45, 2.75) is 133 Å². The SMILES string of the molecule is CCC[C@H](O)[C@H]1C(=O)O[C@@H](C)[C@@H](O)/C=C/C=C/C=C/C=C/C=C(/C)[C@H](O)C[C@H](O)C[C@H](O)C[C@H](O)C[C@H](O)C[C@@H](O)C[C@H]1O. The van der Waals surface area contributed by atoms with E-state index in [0.29, 0.717) is 12.0 Å². The lowest BCUT2D eigenvalue weighted by Gasteiger charge is -2.29. The van der Waals surface area contributed by atoms with Crippen LogP contribution in [0.4, 0.5) is 0 Å². The van der Waals surface area contributed by atoms with Crippen LogP contribution in [0.25, 0.3) is 0 Å². The van der Waals surface area contributed by atoms with E-state index < -0.39 is 72.9 Å². The molecule has 0 amide bonds. The molecule has 0 saturated heterocycles. The van der Waals surface area contributed by atoms with Gasteiger partial charge in [-0.15, -0.1) is 0 Å². The van der Waals surface area contributed by atoms with Crippen LogP contribution >= 0.6 is 0 Å². The van der Waals surface area contributed by atoms with Gasteiger partial charge in [0.1, 0.15) is 18.1 Å². The van der Waals surface area contributed by atoms with Crippen LogP contribution < -0.4 is 0 Å². The van der Waals surface area contributed by atoms with Crippen molar-refractivity contribution in [3.8, 4) is 0 Å². The first-order valence-electron chi connectivity index (χ1n) is 15.4. The Balaban J connectivity index is 3.12. The molecule has 0 aliphatic carbocycles. The van der Waals surface area contributed by atoms with Gasteiger partial charge in [0.15, 0.2) is 0 Å². The van der Waals surface area contributed by atoms with Crippen LogP contribution in [0, 0.1) is 5.92 Å². The van der Waals surface area contributed by atoms with E-state index in [2.05, 4.69) is 0 Å². The summed E-state index contributed by atoms with van der Waals surface area (Å²) < 4.78 is 5.36. The number of aliphatic hydroxyl groups is 9. The fraction of sp³-hybridized carbons (Fsp3) is 0.667. The molecule has 0 spiro atoms. The first-order chi connectivity index (χ1) is 20.7. The molecule has 0 bridgehead atoms. The minimum atomic E-state index is -1.52. The Labute approximate surface area is 260 Å². The fourth-order valence-corrected chi connectivity index (χ4v) is 4.96. The minimum Gasteiger partial charge on any atom is -0.459 e. The molecule has 0 aromatic heterocycles. The molecule has 44 heavy (non-hydrogen) atoms. The lowest BCUT2D eigenvalue weighted by molar-refractivity contribution is -0.168. The average molecular weight is 627 g/mol. The highest BCUT2D eigenvalue weighted by molar-refractivity contribution is 5.74. The second kappa shape index (κ2) is 21.5. The third-order valence-electron chi connectivity index (χ3n) is 7.51. The van der Waals surface area contributed by atoms with Crippen molar-refractivity contribution in [2.75, 3.05) is 0 Å². The molecule has 252 valence electrons. The van der Waals surface area contributed by atoms with E-state index in [1.807, 2.05) is 0 Å². The van der Waals surface area contributed by atoms with Crippen LogP contribution in [-0.4, -0.2) is 113 Å². The molecule has 9 N–H and O–H groups in total. The highest BCUT2D eigenvalue weighted by Gasteiger charge is 2.37. The van der Waals surface area contributed by atoms with E-state index >= 15 is 0 Å². The number of cyclic esters (lactones) is 1. The van der Waals surface area contributed by atoms with Gasteiger partial charge in [-0.3, -0.25) is 4.79 Å². The molecule has 0 saturated carbocycles. The summed E-state index contributed by atoms with van der Waals surface area (Å²) in [6.45, 7) is 4.97. The number of hydrogen-bond donors (Lipinski definition) is 9. The van der Waals surface area contributed by atoms with Crippen molar-refractivity contribution >= 4 is 5.97 Å². The molecule has 0 aromatic carbocycles. The average Bonchev–Trinajstić information content (AvgIpc) is 2.90. The monoisotopic (exact) mass is 626 g/mol. The van der Waals surface area contributed by atoms with Gasteiger partial charge in [0.25, 0.3) is 0 Å². The van der Waals surface area contributed by atoms with Crippen molar-refractivity contribution in [3.63, 3.8) is 0 Å². The Morgan fingerprint density at radius 2 is 1.18 bits per heavy atom. The van der Waals surface area contributed by atoms with E-state index in [4.69, 9.17) is 4.74 Å². The molecular formula is C33H54O11. The topological polar surface area (TPSA) is 208 Å². The zero-order valence-corrected chi connectivity index (χ0v) is 26.0. The van der Waals surface area contributed by atoms with Gasteiger partial charge in [-0.1, -0.05) is 68.0 Å². The van der Waals surface area contributed by atoms with E-state index in [9.17, 15) is 50.8 Å². The molecule has 0 aromatic rings. The number of aliphatic hydroxyl groups excluding tert-OH is 9. The number of carbonyl (C=O) groups is 1. The zero-order valence-electron chi connectivity index (χ0n) is 26.0. The maximum absolute atomic E-state index is 13.0. The second-order valence-electron chi connectivity index (χ2n) is 11.7. The van der Waals surface area contributed by atoms with Gasteiger partial charge in [0.2, 0.25) is 0 Å². The van der Waals surface area contributed by atoms with Gasteiger partial charge < -0.3 is 50.7 Å². The quantitative estimate of drug-likeness (QED) is 0.203. The second-order valence-corrected chi connectivity index (χ2v) is 11.7. The highest BCUT2D eigenvalue weighted by Crippen LogP contribution is 2.23. The Bertz CT molecular complexity index is 959. The van der Waals surface area contributed by atoms with Gasteiger partial charge in [0.05, 0.1) is 48.8 Å². The summed E-state index contributed by atoms with van der Waals surface area (Å²) in [5.74, 6) is -2.34. The van der Waals surface area contributed by atoms with Crippen LogP contribution in [0.5, 0.6) is 0 Å². The van der Waals surface area contributed by atoms with Crippen molar-refractivity contribution in [1.82, 2.24) is 0 Å². The van der Waals surface area contributed by atoms with Crippen LogP contribution in [-0.2, 0) is 9.53 Å². The number of ether oxygens (including phenoxy) is 1. The molecule has 11 nitrogen and oxygen atoms in total. The summed E-state index contributed by atoms with van der Waals surface area (Å²) >= 11 is 0. The minimum absolute atomic E-state index is 0.0165. The van der Waals surface area contributed by atoms with E-state index in [1.54, 1.807) is 62.5 Å². The fourth-order valence-electron chi connectivity index (χ4n) is 4.96. The summed E-state index contributed by atoms with van der Waals surface area (Å²) in [7, 11) is 0.